The van der Waals surface area contributed by atoms with Gasteiger partial charge in [0.2, 0.25) is 0 Å². The molecule has 6 nitrogen and oxygen atoms in total. The van der Waals surface area contributed by atoms with Crippen LogP contribution < -0.4 is 4.74 Å². The molecule has 2 atom stereocenters. The molecule has 0 saturated heterocycles. The van der Waals surface area contributed by atoms with Crippen LogP contribution in [0.25, 0.3) is 10.4 Å². The van der Waals surface area contributed by atoms with Gasteiger partial charge in [-0.15, -0.1) is 0 Å². The van der Waals surface area contributed by atoms with Gasteiger partial charge >= 0.3 is 0 Å². The third-order valence-corrected chi connectivity index (χ3v) is 2.91. The summed E-state index contributed by atoms with van der Waals surface area (Å²) in [5.41, 5.74) is 8.64. The van der Waals surface area contributed by atoms with E-state index in [4.69, 9.17) is 10.3 Å². The number of ether oxygens (including phenoxy) is 1. The number of rotatable bonds is 5. The number of methoxy groups -OCH3 is 1. The zero-order valence-corrected chi connectivity index (χ0v) is 10.7. The molecule has 0 saturated carbocycles. The maximum Gasteiger partial charge on any atom is 0.120 e. The van der Waals surface area contributed by atoms with E-state index in [9.17, 15) is 10.2 Å². The summed E-state index contributed by atoms with van der Waals surface area (Å²) in [4.78, 5) is 2.52. The summed E-state index contributed by atoms with van der Waals surface area (Å²) >= 11 is 3.27. The van der Waals surface area contributed by atoms with Crippen LogP contribution in [-0.4, -0.2) is 30.0 Å². The number of benzene rings is 1. The Labute approximate surface area is 107 Å². The minimum atomic E-state index is -1.14. The average molecular weight is 302 g/mol. The lowest BCUT2D eigenvalue weighted by Gasteiger charge is -2.18. The highest BCUT2D eigenvalue weighted by Crippen LogP contribution is 2.29. The Kier molecular flexibility index (Phi) is 5.24. The van der Waals surface area contributed by atoms with Gasteiger partial charge in [0.25, 0.3) is 0 Å². The molecule has 92 valence electrons. The van der Waals surface area contributed by atoms with Crippen molar-refractivity contribution in [3.8, 4) is 5.75 Å². The number of hydrogen-bond acceptors (Lipinski definition) is 4. The first-order valence-electron chi connectivity index (χ1n) is 4.80. The van der Waals surface area contributed by atoms with Crippen molar-refractivity contribution in [3.05, 3.63) is 38.7 Å². The van der Waals surface area contributed by atoms with E-state index in [1.165, 1.54) is 7.11 Å². The highest BCUT2D eigenvalue weighted by atomic mass is 79.9. The van der Waals surface area contributed by atoms with Gasteiger partial charge in [-0.3, -0.25) is 0 Å². The molecule has 0 radical (unpaired) electrons. The maximum atomic E-state index is 9.86. The largest absolute Gasteiger partial charge is 0.497 e. The number of aliphatic hydroxyl groups is 2. The zero-order chi connectivity index (χ0) is 12.8. The van der Waals surface area contributed by atoms with E-state index >= 15 is 0 Å². The van der Waals surface area contributed by atoms with Gasteiger partial charge < -0.3 is 14.9 Å². The van der Waals surface area contributed by atoms with Crippen LogP contribution in [0.3, 0.4) is 0 Å². The fraction of sp³-hybridized carbons (Fsp3) is 0.400. The van der Waals surface area contributed by atoms with Crippen molar-refractivity contribution in [3.63, 3.8) is 0 Å². The molecule has 0 heterocycles. The Hall–Kier alpha value is -1.27. The molecular weight excluding hydrogens is 290 g/mol. The van der Waals surface area contributed by atoms with E-state index in [2.05, 4.69) is 26.0 Å². The van der Waals surface area contributed by atoms with Crippen molar-refractivity contribution >= 4 is 15.9 Å². The van der Waals surface area contributed by atoms with Crippen LogP contribution in [0.5, 0.6) is 5.75 Å². The summed E-state index contributed by atoms with van der Waals surface area (Å²) in [5.74, 6) is 0.636. The molecule has 7 heteroatoms. The Bertz CT molecular complexity index is 435. The molecule has 1 rings (SSSR count). The Balaban J connectivity index is 2.88. The third kappa shape index (κ3) is 3.61. The van der Waals surface area contributed by atoms with Gasteiger partial charge in [-0.2, -0.15) is 0 Å². The third-order valence-electron chi connectivity index (χ3n) is 2.22. The fourth-order valence-corrected chi connectivity index (χ4v) is 1.89. The Morgan fingerprint density at radius 2 is 2.24 bits per heavy atom. The summed E-state index contributed by atoms with van der Waals surface area (Å²) in [6, 6.07) is 4.98. The molecular formula is C10H12BrN3O3. The molecule has 0 bridgehead atoms. The molecule has 0 spiro atoms. The van der Waals surface area contributed by atoms with Gasteiger partial charge in [0, 0.05) is 9.38 Å². The van der Waals surface area contributed by atoms with Crippen LogP contribution in [0, 0.1) is 0 Å². The molecule has 1 aromatic rings. The summed E-state index contributed by atoms with van der Waals surface area (Å²) < 4.78 is 5.63. The second-order valence-corrected chi connectivity index (χ2v) is 4.17. The highest BCUT2D eigenvalue weighted by Gasteiger charge is 2.20. The Morgan fingerprint density at radius 1 is 1.53 bits per heavy atom. The van der Waals surface area contributed by atoms with E-state index in [-0.39, 0.29) is 6.54 Å². The van der Waals surface area contributed by atoms with Crippen molar-refractivity contribution < 1.29 is 14.9 Å². The maximum absolute atomic E-state index is 9.86. The monoisotopic (exact) mass is 301 g/mol. The van der Waals surface area contributed by atoms with Crippen LogP contribution in [0.4, 0.5) is 0 Å². The van der Waals surface area contributed by atoms with Gasteiger partial charge in [0.05, 0.1) is 19.8 Å². The quantitative estimate of drug-likeness (QED) is 0.495. The predicted octanol–water partition coefficient (Wildman–Crippen LogP) is 2.16. The number of halogens is 1. The number of hydrogen-bond donors (Lipinski definition) is 2. The van der Waals surface area contributed by atoms with Crippen molar-refractivity contribution in [2.24, 2.45) is 5.11 Å². The fourth-order valence-electron chi connectivity index (χ4n) is 1.30. The van der Waals surface area contributed by atoms with Crippen molar-refractivity contribution in [2.45, 2.75) is 12.2 Å². The topological polar surface area (TPSA) is 98.5 Å². The van der Waals surface area contributed by atoms with Crippen LogP contribution in [0.15, 0.2) is 27.8 Å². The van der Waals surface area contributed by atoms with Gasteiger partial charge in [-0.25, -0.2) is 0 Å². The highest BCUT2D eigenvalue weighted by molar-refractivity contribution is 9.10. The summed E-state index contributed by atoms with van der Waals surface area (Å²) in [6.45, 7) is -0.184. The first-order valence-corrected chi connectivity index (χ1v) is 5.60. The van der Waals surface area contributed by atoms with Gasteiger partial charge in [-0.1, -0.05) is 27.1 Å². The minimum Gasteiger partial charge on any atom is -0.497 e. The van der Waals surface area contributed by atoms with E-state index in [0.717, 1.165) is 0 Å². The minimum absolute atomic E-state index is 0.184. The van der Waals surface area contributed by atoms with Gasteiger partial charge in [0.15, 0.2) is 0 Å². The molecule has 0 aliphatic heterocycles. The molecule has 0 aliphatic carbocycles. The average Bonchev–Trinajstić information content (AvgIpc) is 2.34. The molecule has 2 N–H and O–H groups in total. The molecule has 2 unspecified atom stereocenters. The smallest absolute Gasteiger partial charge is 0.120 e. The molecule has 0 fully saturated rings. The normalized spacial score (nSPS) is 13.6. The van der Waals surface area contributed by atoms with Crippen molar-refractivity contribution in [2.75, 3.05) is 13.7 Å². The van der Waals surface area contributed by atoms with Crippen LogP contribution in [-0.2, 0) is 0 Å². The molecule has 1 aromatic carbocycles. The van der Waals surface area contributed by atoms with E-state index in [0.29, 0.717) is 15.8 Å². The first-order chi connectivity index (χ1) is 8.10. The molecule has 0 aromatic heterocycles. The summed E-state index contributed by atoms with van der Waals surface area (Å²) in [5, 5.41) is 22.7. The summed E-state index contributed by atoms with van der Waals surface area (Å²) in [7, 11) is 1.54. The van der Waals surface area contributed by atoms with E-state index in [1.807, 2.05) is 0 Å². The van der Waals surface area contributed by atoms with Crippen molar-refractivity contribution in [1.82, 2.24) is 0 Å². The second kappa shape index (κ2) is 6.46. The lowest BCUT2D eigenvalue weighted by molar-refractivity contribution is 0.0239. The van der Waals surface area contributed by atoms with Crippen LogP contribution in [0.2, 0.25) is 0 Å². The second-order valence-electron chi connectivity index (χ2n) is 3.31. The molecule has 17 heavy (non-hydrogen) atoms. The number of aliphatic hydroxyl groups excluding tert-OH is 2. The molecule has 0 aliphatic rings. The van der Waals surface area contributed by atoms with Crippen molar-refractivity contribution in [1.29, 1.82) is 0 Å². The summed E-state index contributed by atoms with van der Waals surface area (Å²) in [6.07, 6.45) is -2.27. The standard InChI is InChI=1S/C10H12BrN3O3/c1-17-6-2-3-7(8(11)4-6)10(16)9(15)5-13-14-12/h2-4,9-10,15-16H,5H2,1H3. The van der Waals surface area contributed by atoms with E-state index < -0.39 is 12.2 Å². The SMILES string of the molecule is COc1ccc(C(O)C(O)CN=[N+]=[N-])c(Br)c1. The van der Waals surface area contributed by atoms with Crippen LogP contribution >= 0.6 is 15.9 Å². The van der Waals surface area contributed by atoms with Gasteiger partial charge in [0.1, 0.15) is 11.9 Å². The lowest BCUT2D eigenvalue weighted by atomic mass is 10.0. The van der Waals surface area contributed by atoms with Crippen LogP contribution in [0.1, 0.15) is 11.7 Å². The number of azide groups is 1. The predicted molar refractivity (Wildman–Crippen MR) is 65.7 cm³/mol. The van der Waals surface area contributed by atoms with Gasteiger partial charge in [-0.05, 0) is 23.2 Å². The molecule has 0 amide bonds. The zero-order valence-electron chi connectivity index (χ0n) is 9.12. The Morgan fingerprint density at radius 3 is 2.76 bits per heavy atom. The van der Waals surface area contributed by atoms with E-state index in [1.54, 1.807) is 18.2 Å². The number of nitrogens with zero attached hydrogens (tertiary/aromatic N) is 3. The lowest BCUT2D eigenvalue weighted by Crippen LogP contribution is -2.21. The first kappa shape index (κ1) is 13.8.